The molecular weight excluding hydrogens is 598 g/mol. The maximum Gasteiger partial charge on any atom is 0.335 e. The van der Waals surface area contributed by atoms with Gasteiger partial charge >= 0.3 is 11.9 Å². The number of aryl methyl sites for hydroxylation is 1. The molecule has 0 amide bonds. The number of allylic oxidation sites excluding steroid dienone is 1. The van der Waals surface area contributed by atoms with Gasteiger partial charge in [0.25, 0.3) is 6.08 Å². The van der Waals surface area contributed by atoms with E-state index < -0.39 is 24.6 Å². The molecule has 0 aromatic heterocycles. The van der Waals surface area contributed by atoms with Gasteiger partial charge in [-0.05, 0) is 135 Å². The summed E-state index contributed by atoms with van der Waals surface area (Å²) in [4.78, 5) is 24.0. The van der Waals surface area contributed by atoms with Crippen LogP contribution in [0.4, 0.5) is 8.78 Å². The smallest absolute Gasteiger partial charge is 0.335 e. The minimum absolute atomic E-state index is 0.0340. The second kappa shape index (κ2) is 18.1. The molecule has 4 rings (SSSR count). The standard InChI is InChI=1S/C40H50F2O5/c1-27(2)39(44)47-26-37(23-24-46-40(45)28(3)25-43)36-21-19-35(20-22-36)34-17-15-33(16-18-34)32-13-11-31(12-14-32)30-9-7-29(8-10-30)5-4-6-38(41)42/h6-14,33-37,43H,1,3-5,15-26H2,2H3. The fraction of sp³-hybridized carbons (Fsp3) is 0.500. The van der Waals surface area contributed by atoms with E-state index in [1.807, 2.05) is 12.1 Å². The zero-order valence-electron chi connectivity index (χ0n) is 27.7. The number of rotatable bonds is 15. The molecular formula is C40H50F2O5. The van der Waals surface area contributed by atoms with Gasteiger partial charge in [0, 0.05) is 5.57 Å². The first-order valence-electron chi connectivity index (χ1n) is 17.1. The van der Waals surface area contributed by atoms with Crippen LogP contribution in [0.5, 0.6) is 0 Å². The van der Waals surface area contributed by atoms with Gasteiger partial charge in [-0.15, -0.1) is 0 Å². The molecule has 0 bridgehead atoms. The lowest BCUT2D eigenvalue weighted by Crippen LogP contribution is -2.31. The van der Waals surface area contributed by atoms with Crippen LogP contribution in [0.3, 0.4) is 0 Å². The highest BCUT2D eigenvalue weighted by Crippen LogP contribution is 2.45. The second-order valence-electron chi connectivity index (χ2n) is 13.5. The second-order valence-corrected chi connectivity index (χ2v) is 13.5. The Morgan fingerprint density at radius 2 is 1.43 bits per heavy atom. The van der Waals surface area contributed by atoms with Crippen molar-refractivity contribution >= 4 is 11.9 Å². The molecule has 1 atom stereocenters. The van der Waals surface area contributed by atoms with E-state index in [9.17, 15) is 18.4 Å². The van der Waals surface area contributed by atoms with Crippen LogP contribution in [0, 0.1) is 23.7 Å². The average molecular weight is 649 g/mol. The minimum atomic E-state index is -1.62. The van der Waals surface area contributed by atoms with Crippen molar-refractivity contribution in [2.75, 3.05) is 19.8 Å². The van der Waals surface area contributed by atoms with Crippen molar-refractivity contribution in [2.24, 2.45) is 23.7 Å². The lowest BCUT2D eigenvalue weighted by atomic mass is 9.66. The van der Waals surface area contributed by atoms with E-state index in [1.165, 1.54) is 49.7 Å². The molecule has 254 valence electrons. The highest BCUT2D eigenvalue weighted by Gasteiger charge is 2.34. The summed E-state index contributed by atoms with van der Waals surface area (Å²) in [6.07, 6.45) is 10.3. The highest BCUT2D eigenvalue weighted by molar-refractivity contribution is 5.88. The lowest BCUT2D eigenvalue weighted by molar-refractivity contribution is -0.144. The van der Waals surface area contributed by atoms with E-state index in [0.717, 1.165) is 36.0 Å². The lowest BCUT2D eigenvalue weighted by Gasteiger charge is -2.39. The molecule has 5 nitrogen and oxygen atoms in total. The zero-order valence-corrected chi connectivity index (χ0v) is 27.7. The van der Waals surface area contributed by atoms with Crippen molar-refractivity contribution in [3.8, 4) is 11.1 Å². The van der Waals surface area contributed by atoms with Gasteiger partial charge in [-0.25, -0.2) is 9.59 Å². The first kappa shape index (κ1) is 36.3. The Hall–Kier alpha value is -3.58. The van der Waals surface area contributed by atoms with Crippen LogP contribution in [0.2, 0.25) is 0 Å². The van der Waals surface area contributed by atoms with Crippen molar-refractivity contribution in [2.45, 2.75) is 83.5 Å². The Morgan fingerprint density at radius 3 is 1.98 bits per heavy atom. The maximum atomic E-state index is 12.3. The van der Waals surface area contributed by atoms with Crippen LogP contribution in [0.1, 0.15) is 88.2 Å². The summed E-state index contributed by atoms with van der Waals surface area (Å²) in [6.45, 7) is 8.90. The molecule has 2 aliphatic carbocycles. The number of hydrogen-bond donors (Lipinski definition) is 1. The molecule has 47 heavy (non-hydrogen) atoms. The predicted molar refractivity (Wildman–Crippen MR) is 182 cm³/mol. The number of aliphatic hydroxyl groups excluding tert-OH is 1. The van der Waals surface area contributed by atoms with Gasteiger partial charge in [-0.1, -0.05) is 61.7 Å². The molecule has 1 N–H and O–H groups in total. The molecule has 0 spiro atoms. The van der Waals surface area contributed by atoms with Gasteiger partial charge in [-0.3, -0.25) is 0 Å². The van der Waals surface area contributed by atoms with Gasteiger partial charge in [0.1, 0.15) is 0 Å². The minimum Gasteiger partial charge on any atom is -0.462 e. The molecule has 0 radical (unpaired) electrons. The van der Waals surface area contributed by atoms with E-state index in [1.54, 1.807) is 6.92 Å². The van der Waals surface area contributed by atoms with Gasteiger partial charge < -0.3 is 14.6 Å². The van der Waals surface area contributed by atoms with Crippen LogP contribution in [0.15, 0.2) is 85.0 Å². The number of aliphatic hydroxyl groups is 1. The highest BCUT2D eigenvalue weighted by atomic mass is 19.3. The fourth-order valence-corrected chi connectivity index (χ4v) is 7.40. The number of carbonyl (C=O) groups excluding carboxylic acids is 2. The van der Waals surface area contributed by atoms with Crippen molar-refractivity contribution in [3.63, 3.8) is 0 Å². The number of carbonyl (C=O) groups is 2. The average Bonchev–Trinajstić information content (AvgIpc) is 3.09. The summed E-state index contributed by atoms with van der Waals surface area (Å²) in [7, 11) is 0. The van der Waals surface area contributed by atoms with Gasteiger partial charge in [-0.2, -0.15) is 8.78 Å². The maximum absolute atomic E-state index is 12.3. The summed E-state index contributed by atoms with van der Waals surface area (Å²) in [5.74, 6) is 1.56. The molecule has 2 aromatic rings. The number of halogens is 2. The molecule has 2 saturated carbocycles. The Labute approximate surface area is 278 Å². The Bertz CT molecular complexity index is 1360. The number of benzene rings is 2. The molecule has 1 unspecified atom stereocenters. The monoisotopic (exact) mass is 648 g/mol. The van der Waals surface area contributed by atoms with Crippen LogP contribution in [0.25, 0.3) is 11.1 Å². The van der Waals surface area contributed by atoms with Gasteiger partial charge in [0.05, 0.1) is 25.4 Å². The third-order valence-corrected chi connectivity index (χ3v) is 10.3. The van der Waals surface area contributed by atoms with Gasteiger partial charge in [0.15, 0.2) is 0 Å². The van der Waals surface area contributed by atoms with Crippen LogP contribution >= 0.6 is 0 Å². The van der Waals surface area contributed by atoms with Crippen molar-refractivity contribution in [1.29, 1.82) is 0 Å². The van der Waals surface area contributed by atoms with Gasteiger partial charge in [0.2, 0.25) is 0 Å². The SMILES string of the molecule is C=C(C)C(=O)OCC(CCOC(=O)C(=C)CO)C1CCC(C2CCC(c3ccc(-c4ccc(CCC=C(F)F)cc4)cc3)CC2)CC1. The van der Waals surface area contributed by atoms with E-state index >= 15 is 0 Å². The van der Waals surface area contributed by atoms with Crippen LogP contribution in [-0.4, -0.2) is 36.9 Å². The third kappa shape index (κ3) is 11.0. The van der Waals surface area contributed by atoms with E-state index in [-0.39, 0.29) is 24.7 Å². The molecule has 7 heteroatoms. The van der Waals surface area contributed by atoms with Crippen LogP contribution in [-0.2, 0) is 25.5 Å². The Kier molecular flexibility index (Phi) is 14.0. The topological polar surface area (TPSA) is 72.8 Å². The van der Waals surface area contributed by atoms with Crippen molar-refractivity contribution in [1.82, 2.24) is 0 Å². The summed E-state index contributed by atoms with van der Waals surface area (Å²) in [6, 6.07) is 17.1. The summed E-state index contributed by atoms with van der Waals surface area (Å²) < 4.78 is 35.4. The molecule has 0 heterocycles. The zero-order chi connectivity index (χ0) is 33.8. The quantitative estimate of drug-likeness (QED) is 0.154. The Morgan fingerprint density at radius 1 is 0.851 bits per heavy atom. The summed E-state index contributed by atoms with van der Waals surface area (Å²) in [5.41, 5.74) is 5.17. The van der Waals surface area contributed by atoms with Crippen molar-refractivity contribution in [3.05, 3.63) is 96.1 Å². The number of esters is 2. The molecule has 2 aliphatic rings. The van der Waals surface area contributed by atoms with E-state index in [4.69, 9.17) is 14.6 Å². The third-order valence-electron chi connectivity index (χ3n) is 10.3. The summed E-state index contributed by atoms with van der Waals surface area (Å²) >= 11 is 0. The largest absolute Gasteiger partial charge is 0.462 e. The van der Waals surface area contributed by atoms with E-state index in [0.29, 0.717) is 42.6 Å². The Balaban J connectivity index is 1.24. The first-order chi connectivity index (χ1) is 22.6. The summed E-state index contributed by atoms with van der Waals surface area (Å²) in [5, 5.41) is 9.12. The van der Waals surface area contributed by atoms with Crippen molar-refractivity contribution < 1.29 is 33.0 Å². The number of ether oxygens (including phenoxy) is 2. The predicted octanol–water partition coefficient (Wildman–Crippen LogP) is 9.36. The van der Waals surface area contributed by atoms with Crippen LogP contribution < -0.4 is 0 Å². The number of hydrogen-bond acceptors (Lipinski definition) is 5. The molecule has 0 aliphatic heterocycles. The fourth-order valence-electron chi connectivity index (χ4n) is 7.40. The normalized spacial score (nSPS) is 21.7. The molecule has 2 fully saturated rings. The molecule has 0 saturated heterocycles. The molecule has 2 aromatic carbocycles. The van der Waals surface area contributed by atoms with E-state index in [2.05, 4.69) is 49.6 Å². The first-order valence-corrected chi connectivity index (χ1v) is 17.1.